The molecule has 0 radical (unpaired) electrons. The Kier molecular flexibility index (Phi) is 8.60. The number of benzene rings is 1. The topological polar surface area (TPSA) is 175 Å². The third-order valence-corrected chi connectivity index (χ3v) is 5.23. The number of aliphatic hydroxyl groups excluding tert-OH is 5. The Morgan fingerprint density at radius 3 is 2.45 bits per heavy atom. The van der Waals surface area contributed by atoms with E-state index in [1.54, 1.807) is 6.92 Å². The Morgan fingerprint density at radius 1 is 1.19 bits per heavy atom. The first-order valence-electron chi connectivity index (χ1n) is 9.76. The summed E-state index contributed by atoms with van der Waals surface area (Å²) in [5, 5.41) is 58.9. The van der Waals surface area contributed by atoms with Gasteiger partial charge in [-0.05, 0) is 31.0 Å². The first-order chi connectivity index (χ1) is 14.5. The highest BCUT2D eigenvalue weighted by Crippen LogP contribution is 2.32. The van der Waals surface area contributed by atoms with Gasteiger partial charge < -0.3 is 49.6 Å². The van der Waals surface area contributed by atoms with Gasteiger partial charge in [0.05, 0.1) is 19.3 Å². The van der Waals surface area contributed by atoms with E-state index < -0.39 is 55.0 Å². The minimum absolute atomic E-state index is 0.121. The van der Waals surface area contributed by atoms with Gasteiger partial charge in [0.1, 0.15) is 31.0 Å². The van der Waals surface area contributed by atoms with Crippen LogP contribution in [0.3, 0.4) is 0 Å². The highest BCUT2D eigenvalue weighted by atomic mass is 16.7. The van der Waals surface area contributed by atoms with Crippen LogP contribution in [0.25, 0.3) is 0 Å². The van der Waals surface area contributed by atoms with E-state index >= 15 is 0 Å². The summed E-state index contributed by atoms with van der Waals surface area (Å²) in [6, 6.07) is 4.46. The van der Waals surface area contributed by atoms with Gasteiger partial charge >= 0.3 is 5.97 Å². The number of carbonyl (C=O) groups excluding carboxylic acids is 1. The van der Waals surface area contributed by atoms with E-state index in [1.165, 1.54) is 32.2 Å². The summed E-state index contributed by atoms with van der Waals surface area (Å²) < 4.78 is 21.1. The SMILES string of the molecule is CC[C@](C)(O)[C@H](O)C(=O)OCc1ccc(O[C@H]2O[C@H](CO)[C@@H](O)[C@H](O)[C@H]2O)c(OC)c1. The molecule has 0 saturated carbocycles. The van der Waals surface area contributed by atoms with Crippen molar-refractivity contribution in [2.75, 3.05) is 13.7 Å². The van der Waals surface area contributed by atoms with Crippen LogP contribution in [-0.4, -0.2) is 92.7 Å². The molecule has 1 heterocycles. The van der Waals surface area contributed by atoms with Crippen molar-refractivity contribution >= 4 is 5.97 Å². The summed E-state index contributed by atoms with van der Waals surface area (Å²) in [5.74, 6) is -0.671. The molecule has 0 aliphatic carbocycles. The highest BCUT2D eigenvalue weighted by molar-refractivity contribution is 5.75. The summed E-state index contributed by atoms with van der Waals surface area (Å²) in [6.07, 6.45) is -8.75. The molecule has 2 rings (SSSR count). The van der Waals surface area contributed by atoms with Crippen molar-refractivity contribution in [2.45, 2.75) is 69.3 Å². The van der Waals surface area contributed by atoms with Crippen molar-refractivity contribution in [3.63, 3.8) is 0 Å². The highest BCUT2D eigenvalue weighted by Gasteiger charge is 2.45. The fourth-order valence-corrected chi connectivity index (χ4v) is 2.87. The van der Waals surface area contributed by atoms with Crippen LogP contribution in [-0.2, 0) is 20.9 Å². The zero-order valence-electron chi connectivity index (χ0n) is 17.5. The molecule has 0 spiro atoms. The predicted molar refractivity (Wildman–Crippen MR) is 104 cm³/mol. The number of ether oxygens (including phenoxy) is 4. The number of methoxy groups -OCH3 is 1. The zero-order chi connectivity index (χ0) is 23.3. The first-order valence-corrected chi connectivity index (χ1v) is 9.76. The lowest BCUT2D eigenvalue weighted by Crippen LogP contribution is -2.60. The number of aliphatic hydroxyl groups is 6. The monoisotopic (exact) mass is 446 g/mol. The molecule has 1 aliphatic rings. The Balaban J connectivity index is 2.07. The van der Waals surface area contributed by atoms with E-state index in [4.69, 9.17) is 18.9 Å². The largest absolute Gasteiger partial charge is 0.493 e. The van der Waals surface area contributed by atoms with Crippen molar-refractivity contribution in [1.82, 2.24) is 0 Å². The Hall–Kier alpha value is -1.99. The predicted octanol–water partition coefficient (Wildman–Crippen LogP) is -1.56. The van der Waals surface area contributed by atoms with Crippen molar-refractivity contribution in [3.05, 3.63) is 23.8 Å². The van der Waals surface area contributed by atoms with Crippen molar-refractivity contribution in [1.29, 1.82) is 0 Å². The van der Waals surface area contributed by atoms with Gasteiger partial charge in [0, 0.05) is 0 Å². The summed E-state index contributed by atoms with van der Waals surface area (Å²) in [7, 11) is 1.35. The lowest BCUT2D eigenvalue weighted by atomic mass is 9.96. The second kappa shape index (κ2) is 10.6. The molecule has 6 N–H and O–H groups in total. The van der Waals surface area contributed by atoms with Crippen LogP contribution in [0, 0.1) is 0 Å². The lowest BCUT2D eigenvalue weighted by Gasteiger charge is -2.39. The maximum Gasteiger partial charge on any atom is 0.338 e. The van der Waals surface area contributed by atoms with Crippen LogP contribution in [0.4, 0.5) is 0 Å². The molecule has 31 heavy (non-hydrogen) atoms. The van der Waals surface area contributed by atoms with Gasteiger partial charge in [0.25, 0.3) is 0 Å². The van der Waals surface area contributed by atoms with Crippen LogP contribution >= 0.6 is 0 Å². The average molecular weight is 446 g/mol. The van der Waals surface area contributed by atoms with Gasteiger partial charge in [-0.15, -0.1) is 0 Å². The van der Waals surface area contributed by atoms with Crippen LogP contribution in [0.15, 0.2) is 18.2 Å². The zero-order valence-corrected chi connectivity index (χ0v) is 17.5. The number of hydrogen-bond acceptors (Lipinski definition) is 11. The van der Waals surface area contributed by atoms with Gasteiger partial charge in [0.15, 0.2) is 17.6 Å². The Bertz CT molecular complexity index is 736. The van der Waals surface area contributed by atoms with Crippen LogP contribution in [0.1, 0.15) is 25.8 Å². The molecule has 1 aromatic carbocycles. The van der Waals surface area contributed by atoms with E-state index in [0.29, 0.717) is 5.56 Å². The number of esters is 1. The minimum atomic E-state index is -1.70. The number of hydrogen-bond donors (Lipinski definition) is 6. The summed E-state index contributed by atoms with van der Waals surface area (Å²) in [5.41, 5.74) is -1.13. The third kappa shape index (κ3) is 5.83. The fraction of sp³-hybridized carbons (Fsp3) is 0.650. The van der Waals surface area contributed by atoms with Crippen LogP contribution in [0.5, 0.6) is 11.5 Å². The van der Waals surface area contributed by atoms with E-state index in [0.717, 1.165) is 0 Å². The van der Waals surface area contributed by atoms with E-state index in [1.807, 2.05) is 0 Å². The van der Waals surface area contributed by atoms with Gasteiger partial charge in [-0.2, -0.15) is 0 Å². The molecule has 0 bridgehead atoms. The van der Waals surface area contributed by atoms with Crippen LogP contribution in [0.2, 0.25) is 0 Å². The number of carbonyl (C=O) groups is 1. The third-order valence-electron chi connectivity index (χ3n) is 5.23. The van der Waals surface area contributed by atoms with Crippen LogP contribution < -0.4 is 9.47 Å². The van der Waals surface area contributed by atoms with Crippen molar-refractivity contribution < 1.29 is 54.4 Å². The minimum Gasteiger partial charge on any atom is -0.493 e. The van der Waals surface area contributed by atoms with E-state index in [-0.39, 0.29) is 24.5 Å². The van der Waals surface area contributed by atoms with Crippen molar-refractivity contribution in [2.24, 2.45) is 0 Å². The Morgan fingerprint density at radius 2 is 1.87 bits per heavy atom. The van der Waals surface area contributed by atoms with Gasteiger partial charge in [0.2, 0.25) is 6.29 Å². The summed E-state index contributed by atoms with van der Waals surface area (Å²) in [4.78, 5) is 12.0. The molecule has 0 amide bonds. The van der Waals surface area contributed by atoms with Gasteiger partial charge in [-0.25, -0.2) is 4.79 Å². The molecule has 176 valence electrons. The molecule has 1 aliphatic heterocycles. The molecular formula is C20H30O11. The van der Waals surface area contributed by atoms with Gasteiger partial charge in [-0.1, -0.05) is 13.0 Å². The molecular weight excluding hydrogens is 416 g/mol. The quantitative estimate of drug-likeness (QED) is 0.242. The fourth-order valence-electron chi connectivity index (χ4n) is 2.87. The standard InChI is InChI=1S/C20H30O11/c1-4-20(2,27)17(25)18(26)29-9-10-5-6-11(12(7-10)28-3)30-19-16(24)15(23)14(22)13(8-21)31-19/h5-7,13-17,19,21-25,27H,4,8-9H2,1-3H3/t13-,14-,15+,16-,17-,19+,20+/m1/s1. The summed E-state index contributed by atoms with van der Waals surface area (Å²) in [6.45, 7) is 2.14. The smallest absolute Gasteiger partial charge is 0.338 e. The lowest BCUT2D eigenvalue weighted by molar-refractivity contribution is -0.277. The second-order valence-corrected chi connectivity index (χ2v) is 7.52. The Labute approximate surface area is 179 Å². The summed E-state index contributed by atoms with van der Waals surface area (Å²) >= 11 is 0. The molecule has 1 saturated heterocycles. The maximum atomic E-state index is 12.0. The molecule has 0 unspecified atom stereocenters. The normalized spacial score (nSPS) is 29.0. The van der Waals surface area contributed by atoms with Gasteiger partial charge in [-0.3, -0.25) is 0 Å². The second-order valence-electron chi connectivity index (χ2n) is 7.52. The van der Waals surface area contributed by atoms with E-state index in [2.05, 4.69) is 0 Å². The molecule has 11 nitrogen and oxygen atoms in total. The molecule has 7 atom stereocenters. The van der Waals surface area contributed by atoms with Crippen molar-refractivity contribution in [3.8, 4) is 11.5 Å². The van der Waals surface area contributed by atoms with E-state index in [9.17, 15) is 35.4 Å². The maximum absolute atomic E-state index is 12.0. The number of rotatable bonds is 9. The molecule has 1 aromatic rings. The molecule has 0 aromatic heterocycles. The molecule has 11 heteroatoms. The first kappa shape index (κ1) is 25.3. The molecule has 1 fully saturated rings. The average Bonchev–Trinajstić information content (AvgIpc) is 2.77.